The van der Waals surface area contributed by atoms with Gasteiger partial charge in [0, 0.05) is 24.5 Å². The molecule has 190 valence electrons. The number of hydrogen-bond acceptors (Lipinski definition) is 4. The number of hydrazine groups is 1. The van der Waals surface area contributed by atoms with Gasteiger partial charge >= 0.3 is 6.03 Å². The zero-order chi connectivity index (χ0) is 25.4. The van der Waals surface area contributed by atoms with Crippen molar-refractivity contribution in [3.05, 3.63) is 71.3 Å². The van der Waals surface area contributed by atoms with Crippen LogP contribution in [0.3, 0.4) is 0 Å². The van der Waals surface area contributed by atoms with Gasteiger partial charge in [-0.2, -0.15) is 5.43 Å². The molecule has 3 aliphatic rings. The van der Waals surface area contributed by atoms with Crippen molar-refractivity contribution < 1.29 is 14.4 Å². The summed E-state index contributed by atoms with van der Waals surface area (Å²) >= 11 is 0. The van der Waals surface area contributed by atoms with Gasteiger partial charge in [-0.25, -0.2) is 4.79 Å². The summed E-state index contributed by atoms with van der Waals surface area (Å²) in [7, 11) is 0. The minimum absolute atomic E-state index is 0.00976. The molecule has 4 amide bonds. The van der Waals surface area contributed by atoms with E-state index in [-0.39, 0.29) is 41.8 Å². The molecular weight excluding hydrogens is 454 g/mol. The van der Waals surface area contributed by atoms with Crippen molar-refractivity contribution in [3.8, 4) is 0 Å². The fraction of sp³-hybridized carbons (Fsp3) is 0.464. The number of nitrogens with zero attached hydrogens (tertiary/aromatic N) is 3. The van der Waals surface area contributed by atoms with Gasteiger partial charge in [0.2, 0.25) is 11.8 Å². The summed E-state index contributed by atoms with van der Waals surface area (Å²) in [5, 5.41) is 4.64. The molecule has 3 fully saturated rings. The van der Waals surface area contributed by atoms with E-state index in [1.54, 1.807) is 9.91 Å². The molecule has 4 unspecified atom stereocenters. The Balaban J connectivity index is 1.44. The Morgan fingerprint density at radius 3 is 2.47 bits per heavy atom. The van der Waals surface area contributed by atoms with Crippen LogP contribution >= 0.6 is 0 Å². The van der Waals surface area contributed by atoms with E-state index in [2.05, 4.69) is 10.7 Å². The molecule has 8 nitrogen and oxygen atoms in total. The Morgan fingerprint density at radius 2 is 1.75 bits per heavy atom. The zero-order valence-corrected chi connectivity index (χ0v) is 21.2. The van der Waals surface area contributed by atoms with Crippen LogP contribution in [0.2, 0.25) is 0 Å². The molecule has 8 heteroatoms. The Morgan fingerprint density at radius 1 is 1.03 bits per heavy atom. The van der Waals surface area contributed by atoms with E-state index in [1.165, 1.54) is 0 Å². The number of hydrogen-bond donors (Lipinski definition) is 2. The van der Waals surface area contributed by atoms with E-state index in [1.807, 2.05) is 80.3 Å². The van der Waals surface area contributed by atoms with Gasteiger partial charge in [0.25, 0.3) is 0 Å². The number of aryl methyl sites for hydroxylation is 1. The van der Waals surface area contributed by atoms with Crippen LogP contribution in [0.4, 0.5) is 4.79 Å². The van der Waals surface area contributed by atoms with Gasteiger partial charge in [0.1, 0.15) is 0 Å². The Labute approximate surface area is 212 Å². The molecule has 1 aliphatic carbocycles. The van der Waals surface area contributed by atoms with Crippen molar-refractivity contribution in [1.29, 1.82) is 0 Å². The second kappa shape index (κ2) is 9.93. The number of nitrogens with one attached hydrogen (secondary N) is 2. The lowest BCUT2D eigenvalue weighted by atomic mass is 9.75. The van der Waals surface area contributed by atoms with Crippen LogP contribution in [0.1, 0.15) is 49.8 Å². The number of amides is 4. The van der Waals surface area contributed by atoms with E-state index in [0.717, 1.165) is 16.7 Å². The van der Waals surface area contributed by atoms with Crippen LogP contribution in [0, 0.1) is 18.8 Å². The smallest absolute Gasteiger partial charge is 0.337 e. The van der Waals surface area contributed by atoms with Gasteiger partial charge in [-0.05, 0) is 56.7 Å². The topological polar surface area (TPSA) is 85.0 Å². The van der Waals surface area contributed by atoms with Gasteiger partial charge in [-0.15, -0.1) is 0 Å². The quantitative estimate of drug-likeness (QED) is 0.652. The summed E-state index contributed by atoms with van der Waals surface area (Å²) in [6.07, 6.45) is 1.16. The van der Waals surface area contributed by atoms with E-state index in [4.69, 9.17) is 0 Å². The standard InChI is InChI=1S/C28H35N5O3/c1-18(2)29-25(34)21-13-14-23-24(15-21)33-27(31(26(23)35)16-20-10-5-4-6-11-20)30-32(28(33)36)17-22-12-8-7-9-19(22)3/h4-12,18,21,23-24,27,30H,13-17H2,1-3H3,(H,29,34). The number of carbonyl (C=O) groups excluding carboxylic acids is 3. The van der Waals surface area contributed by atoms with Crippen molar-refractivity contribution >= 4 is 17.8 Å². The van der Waals surface area contributed by atoms with Crippen molar-refractivity contribution in [2.45, 2.75) is 71.5 Å². The largest absolute Gasteiger partial charge is 0.354 e. The van der Waals surface area contributed by atoms with Crippen LogP contribution in [0.25, 0.3) is 0 Å². The predicted octanol–water partition coefficient (Wildman–Crippen LogP) is 3.37. The fourth-order valence-electron chi connectivity index (χ4n) is 5.78. The Hall–Kier alpha value is -3.39. The van der Waals surface area contributed by atoms with Gasteiger partial charge in [-0.3, -0.25) is 19.5 Å². The van der Waals surface area contributed by atoms with Gasteiger partial charge in [0.15, 0.2) is 6.29 Å². The lowest BCUT2D eigenvalue weighted by Gasteiger charge is -2.49. The van der Waals surface area contributed by atoms with Crippen LogP contribution in [-0.2, 0) is 22.7 Å². The SMILES string of the molecule is Cc1ccccc1CN1NC2N(Cc3ccccc3)C(=O)C3CCC(C(=O)NC(C)C)CC3N2C1=O. The lowest BCUT2D eigenvalue weighted by molar-refractivity contribution is -0.159. The first-order valence-corrected chi connectivity index (χ1v) is 12.9. The molecule has 1 saturated carbocycles. The van der Waals surface area contributed by atoms with E-state index in [9.17, 15) is 14.4 Å². The second-order valence-electron chi connectivity index (χ2n) is 10.5. The summed E-state index contributed by atoms with van der Waals surface area (Å²) in [6, 6.07) is 17.5. The number of fused-ring (bicyclic) bond motifs is 3. The highest BCUT2D eigenvalue weighted by Gasteiger charge is 2.56. The predicted molar refractivity (Wildman–Crippen MR) is 136 cm³/mol. The number of carbonyl (C=O) groups is 3. The molecule has 0 radical (unpaired) electrons. The summed E-state index contributed by atoms with van der Waals surface area (Å²) in [5.41, 5.74) is 6.51. The van der Waals surface area contributed by atoms with Gasteiger partial charge in [0.05, 0.1) is 12.5 Å². The maximum absolute atomic E-state index is 13.8. The number of rotatable bonds is 6. The molecule has 2 aromatic carbocycles. The molecule has 2 saturated heterocycles. The zero-order valence-electron chi connectivity index (χ0n) is 21.2. The van der Waals surface area contributed by atoms with Crippen LogP contribution in [0.5, 0.6) is 0 Å². The van der Waals surface area contributed by atoms with Crippen LogP contribution in [0.15, 0.2) is 54.6 Å². The third kappa shape index (κ3) is 4.57. The monoisotopic (exact) mass is 489 g/mol. The van der Waals surface area contributed by atoms with E-state index in [0.29, 0.717) is 32.4 Å². The van der Waals surface area contributed by atoms with Gasteiger partial charge in [-0.1, -0.05) is 54.6 Å². The van der Waals surface area contributed by atoms with Crippen molar-refractivity contribution in [2.24, 2.45) is 11.8 Å². The first kappa shape index (κ1) is 24.3. The van der Waals surface area contributed by atoms with Crippen molar-refractivity contribution in [2.75, 3.05) is 0 Å². The summed E-state index contributed by atoms with van der Waals surface area (Å²) in [6.45, 7) is 6.74. The lowest BCUT2D eigenvalue weighted by Crippen LogP contribution is -2.66. The highest BCUT2D eigenvalue weighted by Crippen LogP contribution is 2.41. The minimum atomic E-state index is -0.581. The van der Waals surface area contributed by atoms with Crippen molar-refractivity contribution in [1.82, 2.24) is 25.6 Å². The molecule has 2 N–H and O–H groups in total. The van der Waals surface area contributed by atoms with Crippen molar-refractivity contribution in [3.63, 3.8) is 0 Å². The molecule has 0 spiro atoms. The van der Waals surface area contributed by atoms with E-state index >= 15 is 0 Å². The maximum Gasteiger partial charge on any atom is 0.337 e. The van der Waals surface area contributed by atoms with E-state index < -0.39 is 6.29 Å². The summed E-state index contributed by atoms with van der Waals surface area (Å²) < 4.78 is 0. The average molecular weight is 490 g/mol. The molecular formula is C28H35N5O3. The third-order valence-electron chi connectivity index (χ3n) is 7.64. The molecule has 2 heterocycles. The van der Waals surface area contributed by atoms with Gasteiger partial charge < -0.3 is 10.2 Å². The average Bonchev–Trinajstić information content (AvgIpc) is 3.19. The summed E-state index contributed by atoms with van der Waals surface area (Å²) in [5.74, 6) is -0.459. The molecule has 0 aromatic heterocycles. The molecule has 2 aliphatic heterocycles. The maximum atomic E-state index is 13.8. The molecule has 4 atom stereocenters. The molecule has 5 rings (SSSR count). The molecule has 0 bridgehead atoms. The highest BCUT2D eigenvalue weighted by molar-refractivity contribution is 5.87. The third-order valence-corrected chi connectivity index (χ3v) is 7.64. The minimum Gasteiger partial charge on any atom is -0.354 e. The molecule has 36 heavy (non-hydrogen) atoms. The normalized spacial score (nSPS) is 25.7. The fourth-order valence-corrected chi connectivity index (χ4v) is 5.78. The first-order valence-electron chi connectivity index (χ1n) is 12.9. The van der Waals surface area contributed by atoms with Crippen LogP contribution < -0.4 is 10.7 Å². The Bertz CT molecular complexity index is 1140. The summed E-state index contributed by atoms with van der Waals surface area (Å²) in [4.78, 5) is 44.1. The second-order valence-corrected chi connectivity index (χ2v) is 10.5. The first-order chi connectivity index (χ1) is 17.3. The highest BCUT2D eigenvalue weighted by atomic mass is 16.2. The Kier molecular flexibility index (Phi) is 6.71. The number of urea groups is 1. The number of benzene rings is 2. The molecule has 2 aromatic rings. The van der Waals surface area contributed by atoms with Crippen LogP contribution in [-0.4, -0.2) is 51.0 Å².